The molecule has 27 heavy (non-hydrogen) atoms. The molecule has 4 rings (SSSR count). The number of fused-ring (bicyclic) bond motifs is 1. The number of hydrogen-bond donors (Lipinski definition) is 2. The van der Waals surface area contributed by atoms with Crippen LogP contribution in [-0.4, -0.2) is 39.8 Å². The summed E-state index contributed by atoms with van der Waals surface area (Å²) in [5, 5.41) is 5.66. The predicted molar refractivity (Wildman–Crippen MR) is 106 cm³/mol. The zero-order valence-electron chi connectivity index (χ0n) is 15.0. The molecule has 2 aromatic rings. The van der Waals surface area contributed by atoms with Crippen molar-refractivity contribution in [2.75, 3.05) is 35.6 Å². The number of carbonyl (C=O) groups excluding carboxylic acids is 1. The summed E-state index contributed by atoms with van der Waals surface area (Å²) >= 11 is 0. The van der Waals surface area contributed by atoms with E-state index in [2.05, 4.69) is 27.7 Å². The van der Waals surface area contributed by atoms with E-state index in [1.165, 1.54) is 5.69 Å². The number of carbonyl (C=O) groups is 1. The van der Waals surface area contributed by atoms with Crippen molar-refractivity contribution in [2.24, 2.45) is 5.92 Å². The minimum absolute atomic E-state index is 0.150. The normalized spacial score (nSPS) is 20.3. The van der Waals surface area contributed by atoms with Crippen LogP contribution in [0.2, 0.25) is 0 Å². The Bertz CT molecular complexity index is 944. The summed E-state index contributed by atoms with van der Waals surface area (Å²) in [6.07, 6.45) is 1.58. The number of hydrogen-bond acceptors (Lipinski definition) is 4. The van der Waals surface area contributed by atoms with Crippen molar-refractivity contribution in [1.29, 1.82) is 0 Å². The molecule has 1 fully saturated rings. The predicted octanol–water partition coefficient (Wildman–Crippen LogP) is 2.66. The van der Waals surface area contributed by atoms with Crippen LogP contribution in [0, 0.1) is 5.92 Å². The van der Waals surface area contributed by atoms with E-state index in [-0.39, 0.29) is 11.8 Å². The highest BCUT2D eigenvalue weighted by Gasteiger charge is 2.26. The Balaban J connectivity index is 1.30. The molecule has 0 spiro atoms. The molecular weight excluding hydrogens is 362 g/mol. The van der Waals surface area contributed by atoms with Gasteiger partial charge in [-0.3, -0.25) is 0 Å². The third-order valence-electron chi connectivity index (χ3n) is 5.26. The molecule has 0 aromatic heterocycles. The van der Waals surface area contributed by atoms with Gasteiger partial charge in [0.15, 0.2) is 9.84 Å². The molecule has 142 valence electrons. The second-order valence-electron chi connectivity index (χ2n) is 7.16. The Morgan fingerprint density at radius 1 is 1.15 bits per heavy atom. The van der Waals surface area contributed by atoms with Gasteiger partial charge in [0.05, 0.1) is 10.6 Å². The number of amides is 2. The highest BCUT2D eigenvalue weighted by atomic mass is 32.2. The molecule has 1 unspecified atom stereocenters. The highest BCUT2D eigenvalue weighted by molar-refractivity contribution is 7.91. The van der Waals surface area contributed by atoms with Crippen molar-refractivity contribution in [3.8, 4) is 0 Å². The molecule has 1 saturated heterocycles. The first-order valence-corrected chi connectivity index (χ1v) is 10.9. The van der Waals surface area contributed by atoms with Crippen molar-refractivity contribution in [2.45, 2.75) is 17.7 Å². The van der Waals surface area contributed by atoms with E-state index in [1.807, 2.05) is 18.2 Å². The second kappa shape index (κ2) is 7.23. The van der Waals surface area contributed by atoms with Crippen molar-refractivity contribution in [3.05, 3.63) is 54.1 Å². The van der Waals surface area contributed by atoms with Gasteiger partial charge in [-0.05, 0) is 48.6 Å². The highest BCUT2D eigenvalue weighted by Crippen LogP contribution is 2.28. The van der Waals surface area contributed by atoms with Crippen molar-refractivity contribution in [1.82, 2.24) is 5.32 Å². The third-order valence-corrected chi connectivity index (χ3v) is 7.05. The molecule has 7 heteroatoms. The van der Waals surface area contributed by atoms with Crippen molar-refractivity contribution < 1.29 is 13.2 Å². The van der Waals surface area contributed by atoms with E-state index in [9.17, 15) is 13.2 Å². The molecule has 0 bridgehead atoms. The molecule has 2 aromatic carbocycles. The minimum Gasteiger partial charge on any atom is -0.371 e. The number of sulfone groups is 1. The Morgan fingerprint density at radius 3 is 2.78 bits per heavy atom. The van der Waals surface area contributed by atoms with E-state index in [0.717, 1.165) is 25.1 Å². The molecule has 2 aliphatic rings. The van der Waals surface area contributed by atoms with Crippen LogP contribution in [0.3, 0.4) is 0 Å². The standard InChI is InChI=1S/C20H23N3O3S/c24-20(22-17-7-6-16-9-11-27(25,26)19(16)12-17)21-13-15-8-10-23(14-15)18-4-2-1-3-5-18/h1-7,12,15H,8-11,13-14H2,(H2,21,22,24). The lowest BCUT2D eigenvalue weighted by Crippen LogP contribution is -2.34. The number of nitrogens with one attached hydrogen (secondary N) is 2. The minimum atomic E-state index is -3.20. The number of benzene rings is 2. The van der Waals surface area contributed by atoms with E-state index >= 15 is 0 Å². The van der Waals surface area contributed by atoms with Crippen LogP contribution in [0.15, 0.2) is 53.4 Å². The Hall–Kier alpha value is -2.54. The SMILES string of the molecule is O=C(NCC1CCN(c2ccccc2)C1)Nc1ccc2c(c1)S(=O)(=O)CC2. The molecule has 2 N–H and O–H groups in total. The Morgan fingerprint density at radius 2 is 1.96 bits per heavy atom. The number of nitrogens with zero attached hydrogens (tertiary/aromatic N) is 1. The van der Waals surface area contributed by atoms with E-state index < -0.39 is 9.84 Å². The lowest BCUT2D eigenvalue weighted by atomic mass is 10.1. The topological polar surface area (TPSA) is 78.5 Å². The van der Waals surface area contributed by atoms with Gasteiger partial charge in [-0.2, -0.15) is 0 Å². The number of para-hydroxylation sites is 1. The van der Waals surface area contributed by atoms with Gasteiger partial charge < -0.3 is 15.5 Å². The maximum Gasteiger partial charge on any atom is 0.319 e. The smallest absolute Gasteiger partial charge is 0.319 e. The first-order chi connectivity index (χ1) is 13.0. The summed E-state index contributed by atoms with van der Waals surface area (Å²) in [4.78, 5) is 14.9. The summed E-state index contributed by atoms with van der Waals surface area (Å²) < 4.78 is 24.0. The monoisotopic (exact) mass is 385 g/mol. The Kier molecular flexibility index (Phi) is 4.78. The number of anilines is 2. The van der Waals surface area contributed by atoms with Crippen molar-refractivity contribution in [3.63, 3.8) is 0 Å². The van der Waals surface area contributed by atoms with Gasteiger partial charge >= 0.3 is 6.03 Å². The van der Waals surface area contributed by atoms with Gasteiger partial charge in [0.25, 0.3) is 0 Å². The van der Waals surface area contributed by atoms with Gasteiger partial charge in [-0.15, -0.1) is 0 Å². The second-order valence-corrected chi connectivity index (χ2v) is 9.24. The molecule has 2 heterocycles. The molecule has 0 aliphatic carbocycles. The maximum atomic E-state index is 12.2. The summed E-state index contributed by atoms with van der Waals surface area (Å²) in [5.74, 6) is 0.550. The maximum absolute atomic E-state index is 12.2. The van der Waals surface area contributed by atoms with Crippen LogP contribution in [-0.2, 0) is 16.3 Å². The number of urea groups is 1. The number of rotatable bonds is 4. The first kappa shape index (κ1) is 17.9. The first-order valence-electron chi connectivity index (χ1n) is 9.22. The average Bonchev–Trinajstić information content (AvgIpc) is 3.26. The van der Waals surface area contributed by atoms with Crippen LogP contribution in [0.5, 0.6) is 0 Å². The van der Waals surface area contributed by atoms with Crippen LogP contribution in [0.4, 0.5) is 16.2 Å². The quantitative estimate of drug-likeness (QED) is 0.848. The van der Waals surface area contributed by atoms with Crippen molar-refractivity contribution >= 4 is 27.2 Å². The van der Waals surface area contributed by atoms with E-state index in [0.29, 0.717) is 29.5 Å². The lowest BCUT2D eigenvalue weighted by Gasteiger charge is -2.18. The van der Waals surface area contributed by atoms with Crippen LogP contribution >= 0.6 is 0 Å². The summed E-state index contributed by atoms with van der Waals surface area (Å²) in [6.45, 7) is 2.50. The zero-order valence-corrected chi connectivity index (χ0v) is 15.8. The summed E-state index contributed by atoms with van der Waals surface area (Å²) in [6, 6.07) is 15.1. The molecule has 2 aliphatic heterocycles. The molecular formula is C20H23N3O3S. The summed E-state index contributed by atoms with van der Waals surface area (Å²) in [5.41, 5.74) is 2.55. The molecule has 0 saturated carbocycles. The van der Waals surface area contributed by atoms with Crippen LogP contribution < -0.4 is 15.5 Å². The van der Waals surface area contributed by atoms with Gasteiger partial charge in [-0.25, -0.2) is 13.2 Å². The lowest BCUT2D eigenvalue weighted by molar-refractivity contribution is 0.250. The van der Waals surface area contributed by atoms with Gasteiger partial charge in [-0.1, -0.05) is 24.3 Å². The van der Waals surface area contributed by atoms with E-state index in [1.54, 1.807) is 18.2 Å². The van der Waals surface area contributed by atoms with Crippen LogP contribution in [0.1, 0.15) is 12.0 Å². The van der Waals surface area contributed by atoms with Gasteiger partial charge in [0.2, 0.25) is 0 Å². The van der Waals surface area contributed by atoms with E-state index in [4.69, 9.17) is 0 Å². The molecule has 2 amide bonds. The fourth-order valence-electron chi connectivity index (χ4n) is 3.77. The average molecular weight is 385 g/mol. The van der Waals surface area contributed by atoms with Gasteiger partial charge in [0, 0.05) is 31.0 Å². The van der Waals surface area contributed by atoms with Gasteiger partial charge in [0.1, 0.15) is 0 Å². The molecule has 0 radical (unpaired) electrons. The summed E-state index contributed by atoms with van der Waals surface area (Å²) in [7, 11) is -3.20. The Labute approximate surface area is 159 Å². The largest absolute Gasteiger partial charge is 0.371 e. The fraction of sp³-hybridized carbons (Fsp3) is 0.350. The number of aryl methyl sites for hydroxylation is 1. The van der Waals surface area contributed by atoms with Crippen LogP contribution in [0.25, 0.3) is 0 Å². The molecule has 1 atom stereocenters. The third kappa shape index (κ3) is 3.93. The zero-order chi connectivity index (χ0) is 18.9. The fourth-order valence-corrected chi connectivity index (χ4v) is 5.35. The molecule has 6 nitrogen and oxygen atoms in total.